The molecule has 0 saturated heterocycles. The van der Waals surface area contributed by atoms with E-state index in [4.69, 9.17) is 5.73 Å². The zero-order chi connectivity index (χ0) is 9.97. The van der Waals surface area contributed by atoms with Gasteiger partial charge in [-0.25, -0.2) is 0 Å². The van der Waals surface area contributed by atoms with Gasteiger partial charge in [0.15, 0.2) is 5.82 Å². The van der Waals surface area contributed by atoms with Crippen LogP contribution in [0.3, 0.4) is 0 Å². The fourth-order valence-electron chi connectivity index (χ4n) is 1.15. The monoisotopic (exact) mass is 252 g/mol. The number of pyridine rings is 1. The van der Waals surface area contributed by atoms with Crippen molar-refractivity contribution >= 4 is 21.7 Å². The van der Waals surface area contributed by atoms with E-state index in [1.54, 1.807) is 10.9 Å². The molecule has 4 nitrogen and oxygen atoms in total. The summed E-state index contributed by atoms with van der Waals surface area (Å²) in [5, 5.41) is 4.11. The van der Waals surface area contributed by atoms with E-state index in [0.717, 1.165) is 10.2 Å². The van der Waals surface area contributed by atoms with Crippen LogP contribution in [-0.4, -0.2) is 14.8 Å². The molecule has 2 rings (SSSR count). The Morgan fingerprint density at radius 2 is 2.29 bits per heavy atom. The van der Waals surface area contributed by atoms with Crippen LogP contribution in [0.2, 0.25) is 0 Å². The van der Waals surface area contributed by atoms with Gasteiger partial charge in [-0.1, -0.05) is 6.07 Å². The molecular weight excluding hydrogens is 244 g/mol. The van der Waals surface area contributed by atoms with Crippen molar-refractivity contribution in [3.8, 4) is 0 Å². The van der Waals surface area contributed by atoms with Crippen molar-refractivity contribution in [3.63, 3.8) is 0 Å². The SMILES string of the molecule is Nc1nn(Cc2ccccn2)cc1Br. The third kappa shape index (κ3) is 1.93. The van der Waals surface area contributed by atoms with Crippen molar-refractivity contribution < 1.29 is 0 Å². The number of hydrogen-bond donors (Lipinski definition) is 1. The maximum atomic E-state index is 5.60. The molecule has 0 aliphatic carbocycles. The molecule has 72 valence electrons. The van der Waals surface area contributed by atoms with Crippen molar-refractivity contribution in [2.24, 2.45) is 0 Å². The Hall–Kier alpha value is -1.36. The van der Waals surface area contributed by atoms with Crippen LogP contribution < -0.4 is 5.73 Å². The van der Waals surface area contributed by atoms with Gasteiger partial charge in [-0.05, 0) is 28.1 Å². The van der Waals surface area contributed by atoms with Gasteiger partial charge in [0.2, 0.25) is 0 Å². The number of hydrogen-bond acceptors (Lipinski definition) is 3. The van der Waals surface area contributed by atoms with Crippen LogP contribution in [0.15, 0.2) is 35.1 Å². The average Bonchev–Trinajstić information content (AvgIpc) is 2.47. The molecule has 0 radical (unpaired) electrons. The van der Waals surface area contributed by atoms with Crippen molar-refractivity contribution in [1.29, 1.82) is 0 Å². The second-order valence-corrected chi connectivity index (χ2v) is 3.74. The molecule has 2 aromatic rings. The Labute approximate surface area is 89.9 Å². The van der Waals surface area contributed by atoms with Crippen LogP contribution in [0.1, 0.15) is 5.69 Å². The first-order valence-electron chi connectivity index (χ1n) is 4.14. The summed E-state index contributed by atoms with van der Waals surface area (Å²) >= 11 is 3.30. The lowest BCUT2D eigenvalue weighted by Gasteiger charge is -1.99. The molecule has 0 atom stereocenters. The maximum absolute atomic E-state index is 5.60. The Bertz CT molecular complexity index is 404. The number of rotatable bonds is 2. The van der Waals surface area contributed by atoms with E-state index >= 15 is 0 Å². The fraction of sp³-hybridized carbons (Fsp3) is 0.111. The van der Waals surface area contributed by atoms with Gasteiger partial charge in [0.05, 0.1) is 16.7 Å². The number of halogens is 1. The smallest absolute Gasteiger partial charge is 0.159 e. The van der Waals surface area contributed by atoms with Crippen LogP contribution in [-0.2, 0) is 6.54 Å². The van der Waals surface area contributed by atoms with Gasteiger partial charge < -0.3 is 5.73 Å². The van der Waals surface area contributed by atoms with Crippen LogP contribution in [0.25, 0.3) is 0 Å². The molecule has 14 heavy (non-hydrogen) atoms. The molecule has 0 fully saturated rings. The van der Waals surface area contributed by atoms with Crippen molar-refractivity contribution in [2.45, 2.75) is 6.54 Å². The summed E-state index contributed by atoms with van der Waals surface area (Å²) < 4.78 is 2.57. The zero-order valence-corrected chi connectivity index (χ0v) is 8.98. The topological polar surface area (TPSA) is 56.7 Å². The van der Waals surface area contributed by atoms with Gasteiger partial charge in [-0.3, -0.25) is 9.67 Å². The van der Waals surface area contributed by atoms with E-state index in [1.165, 1.54) is 0 Å². The second kappa shape index (κ2) is 3.79. The summed E-state index contributed by atoms with van der Waals surface area (Å²) in [6.45, 7) is 0.636. The highest BCUT2D eigenvalue weighted by Crippen LogP contribution is 2.16. The molecule has 0 amide bonds. The van der Waals surface area contributed by atoms with Crippen molar-refractivity contribution in [1.82, 2.24) is 14.8 Å². The van der Waals surface area contributed by atoms with Gasteiger partial charge in [-0.2, -0.15) is 5.10 Å². The minimum Gasteiger partial charge on any atom is -0.381 e. The normalized spacial score (nSPS) is 10.4. The van der Waals surface area contributed by atoms with Gasteiger partial charge in [-0.15, -0.1) is 0 Å². The van der Waals surface area contributed by atoms with E-state index in [2.05, 4.69) is 26.0 Å². The number of nitrogen functional groups attached to an aromatic ring is 1. The third-order valence-electron chi connectivity index (χ3n) is 1.79. The number of nitrogens with zero attached hydrogens (tertiary/aromatic N) is 3. The lowest BCUT2D eigenvalue weighted by molar-refractivity contribution is 0.675. The Kier molecular flexibility index (Phi) is 2.49. The highest BCUT2D eigenvalue weighted by atomic mass is 79.9. The standard InChI is InChI=1S/C9H9BrN4/c10-8-6-14(13-9(8)11)5-7-3-1-2-4-12-7/h1-4,6H,5H2,(H2,11,13). The molecule has 0 saturated carbocycles. The predicted molar refractivity (Wildman–Crippen MR) is 57.7 cm³/mol. The average molecular weight is 253 g/mol. The lowest BCUT2D eigenvalue weighted by atomic mass is 10.3. The largest absolute Gasteiger partial charge is 0.381 e. The molecule has 0 bridgehead atoms. The zero-order valence-electron chi connectivity index (χ0n) is 7.39. The third-order valence-corrected chi connectivity index (χ3v) is 2.40. The first kappa shape index (κ1) is 9.21. The highest BCUT2D eigenvalue weighted by molar-refractivity contribution is 9.10. The quantitative estimate of drug-likeness (QED) is 0.885. The first-order chi connectivity index (χ1) is 6.75. The molecule has 2 N–H and O–H groups in total. The molecule has 2 heterocycles. The summed E-state index contributed by atoms with van der Waals surface area (Å²) in [7, 11) is 0. The lowest BCUT2D eigenvalue weighted by Crippen LogP contribution is -2.02. The molecule has 0 unspecified atom stereocenters. The van der Waals surface area contributed by atoms with Crippen LogP contribution in [0.5, 0.6) is 0 Å². The van der Waals surface area contributed by atoms with E-state index in [1.807, 2.05) is 24.4 Å². The summed E-state index contributed by atoms with van der Waals surface area (Å²) in [6, 6.07) is 5.78. The summed E-state index contributed by atoms with van der Waals surface area (Å²) in [5.41, 5.74) is 6.56. The maximum Gasteiger partial charge on any atom is 0.159 e. The second-order valence-electron chi connectivity index (χ2n) is 2.88. The van der Waals surface area contributed by atoms with E-state index in [9.17, 15) is 0 Å². The van der Waals surface area contributed by atoms with Crippen molar-refractivity contribution in [3.05, 3.63) is 40.8 Å². The van der Waals surface area contributed by atoms with E-state index in [-0.39, 0.29) is 0 Å². The highest BCUT2D eigenvalue weighted by Gasteiger charge is 2.02. The van der Waals surface area contributed by atoms with E-state index in [0.29, 0.717) is 12.4 Å². The number of nitrogens with two attached hydrogens (primary N) is 1. The van der Waals surface area contributed by atoms with Gasteiger partial charge >= 0.3 is 0 Å². The molecule has 5 heteroatoms. The predicted octanol–water partition coefficient (Wildman–Crippen LogP) is 1.67. The molecular formula is C9H9BrN4. The van der Waals surface area contributed by atoms with Crippen molar-refractivity contribution in [2.75, 3.05) is 5.73 Å². The molecule has 0 aromatic carbocycles. The Morgan fingerprint density at radius 3 is 2.86 bits per heavy atom. The van der Waals surface area contributed by atoms with Crippen LogP contribution in [0.4, 0.5) is 5.82 Å². The van der Waals surface area contributed by atoms with Crippen LogP contribution >= 0.6 is 15.9 Å². The van der Waals surface area contributed by atoms with E-state index < -0.39 is 0 Å². The molecule has 0 aliphatic heterocycles. The number of anilines is 1. The Balaban J connectivity index is 2.19. The number of aromatic nitrogens is 3. The minimum atomic E-state index is 0.501. The Morgan fingerprint density at radius 1 is 1.43 bits per heavy atom. The van der Waals surface area contributed by atoms with Gasteiger partial charge in [0.1, 0.15) is 0 Å². The molecule has 0 spiro atoms. The summed E-state index contributed by atoms with van der Waals surface area (Å²) in [6.07, 6.45) is 3.60. The van der Waals surface area contributed by atoms with Gasteiger partial charge in [0.25, 0.3) is 0 Å². The molecule has 2 aromatic heterocycles. The van der Waals surface area contributed by atoms with Gasteiger partial charge in [0, 0.05) is 12.4 Å². The summed E-state index contributed by atoms with van der Waals surface area (Å²) in [4.78, 5) is 4.20. The fourth-order valence-corrected chi connectivity index (χ4v) is 1.47. The van der Waals surface area contributed by atoms with Crippen LogP contribution in [0, 0.1) is 0 Å². The summed E-state index contributed by atoms with van der Waals surface area (Å²) in [5.74, 6) is 0.501. The minimum absolute atomic E-state index is 0.501. The molecule has 0 aliphatic rings. The first-order valence-corrected chi connectivity index (χ1v) is 4.93.